The van der Waals surface area contributed by atoms with Crippen molar-refractivity contribution in [2.75, 3.05) is 18.6 Å². The first-order chi connectivity index (χ1) is 25.3. The molecule has 0 unspecified atom stereocenters. The fraction of sp³-hybridized carbons (Fsp3) is 0.489. The van der Waals surface area contributed by atoms with E-state index in [1.54, 1.807) is 22.0 Å². The maximum atomic E-state index is 9.08. The van der Waals surface area contributed by atoms with E-state index in [-0.39, 0.29) is 28.3 Å². The van der Waals surface area contributed by atoms with Crippen molar-refractivity contribution in [2.45, 2.75) is 135 Å². The average molecular weight is 859 g/mol. The van der Waals surface area contributed by atoms with Crippen LogP contribution in [-0.2, 0) is 30.5 Å². The van der Waals surface area contributed by atoms with Gasteiger partial charge >= 0.3 is 0 Å². The van der Waals surface area contributed by atoms with Gasteiger partial charge in [-0.25, -0.2) is 8.42 Å². The molecule has 0 amide bonds. The molecule has 0 saturated heterocycles. The van der Waals surface area contributed by atoms with Gasteiger partial charge in [-0.1, -0.05) is 129 Å². The quantitative estimate of drug-likeness (QED) is 0.0788. The van der Waals surface area contributed by atoms with Gasteiger partial charge in [-0.05, 0) is 83.2 Å². The SMILES string of the molecule is CC(C)c1cc(C(C)C)c(-c2ccc[c-]c2P(C2CCCCC2)C2CCCCC2)c(C(C)C)c1.CNc1ccccc1-c1[c-]cccc1.CS(=O)(=O)[O-].[Pd]. The number of para-hydroxylation sites is 1. The van der Waals surface area contributed by atoms with Crippen molar-refractivity contribution >= 4 is 29.0 Å². The Labute approximate surface area is 343 Å². The maximum absolute atomic E-state index is 9.08. The third-order valence-electron chi connectivity index (χ3n) is 10.6. The molecule has 2 fully saturated rings. The van der Waals surface area contributed by atoms with Gasteiger partial charge in [0.05, 0.1) is 10.1 Å². The Morgan fingerprint density at radius 2 is 1.17 bits per heavy atom. The van der Waals surface area contributed by atoms with Crippen LogP contribution in [0, 0.1) is 12.1 Å². The molecule has 0 radical (unpaired) electrons. The molecule has 0 atom stereocenters. The Bertz CT molecular complexity index is 1760. The van der Waals surface area contributed by atoms with Crippen LogP contribution in [0.15, 0.2) is 78.9 Å². The predicted molar refractivity (Wildman–Crippen MR) is 229 cm³/mol. The van der Waals surface area contributed by atoms with Crippen LogP contribution in [0.5, 0.6) is 0 Å². The van der Waals surface area contributed by atoms with Crippen molar-refractivity contribution in [2.24, 2.45) is 0 Å². The monoisotopic (exact) mass is 858 g/mol. The minimum Gasteiger partial charge on any atom is -0.748 e. The maximum Gasteiger partial charge on any atom is 0.0916 e. The second kappa shape index (κ2) is 22.4. The van der Waals surface area contributed by atoms with E-state index >= 15 is 0 Å². The van der Waals surface area contributed by atoms with Crippen molar-refractivity contribution in [1.82, 2.24) is 0 Å². The summed E-state index contributed by atoms with van der Waals surface area (Å²) >= 11 is 0. The Kier molecular flexibility index (Phi) is 19.1. The molecule has 0 aromatic heterocycles. The molecule has 2 aliphatic rings. The van der Waals surface area contributed by atoms with E-state index in [1.165, 1.54) is 80.9 Å². The second-order valence-electron chi connectivity index (χ2n) is 15.7. The molecule has 4 aromatic carbocycles. The fourth-order valence-corrected chi connectivity index (χ4v) is 11.8. The Morgan fingerprint density at radius 1 is 0.685 bits per heavy atom. The average Bonchev–Trinajstić information content (AvgIpc) is 3.15. The van der Waals surface area contributed by atoms with E-state index in [9.17, 15) is 0 Å². The standard InChI is InChI=1S/C33H48P.C13H12N.CH4O3S.Pd/c1-23(2)26-21-30(24(3)4)33(31(22-26)25(5)6)29-19-13-14-20-32(29)34(27-15-9-7-10-16-27)28-17-11-8-12-18-28;1-14-13-10-6-5-9-12(13)11-7-3-2-4-8-11;1-5(2,3)4;/h13-14,19,21-25,27-28H,7-12,15-18H2,1-6H3;2-7,9-10,14H,1H3;1H3,(H,2,3,4);/q2*-1;;/p-1. The van der Waals surface area contributed by atoms with Gasteiger partial charge < -0.3 is 9.87 Å². The molecule has 54 heavy (non-hydrogen) atoms. The van der Waals surface area contributed by atoms with Crippen molar-refractivity contribution in [3.8, 4) is 22.3 Å². The van der Waals surface area contributed by atoms with E-state index in [0.29, 0.717) is 24.0 Å². The van der Waals surface area contributed by atoms with Crippen molar-refractivity contribution < 1.29 is 33.4 Å². The van der Waals surface area contributed by atoms with Crippen LogP contribution >= 0.6 is 7.92 Å². The van der Waals surface area contributed by atoms with Crippen molar-refractivity contribution in [1.29, 1.82) is 0 Å². The van der Waals surface area contributed by atoms with E-state index in [2.05, 4.69) is 108 Å². The molecule has 0 bridgehead atoms. The molecule has 4 nitrogen and oxygen atoms in total. The number of nitrogens with one attached hydrogen (secondary N) is 1. The van der Waals surface area contributed by atoms with Crippen LogP contribution in [0.25, 0.3) is 22.3 Å². The third kappa shape index (κ3) is 13.4. The Hall–Kier alpha value is -2.32. The minimum atomic E-state index is -3.92. The van der Waals surface area contributed by atoms with Gasteiger partial charge in [0.25, 0.3) is 0 Å². The zero-order chi connectivity index (χ0) is 38.5. The predicted octanol–water partition coefficient (Wildman–Crippen LogP) is 12.7. The number of hydrogen-bond donors (Lipinski definition) is 1. The molecule has 298 valence electrons. The first-order valence-corrected chi connectivity index (χ1v) is 23.2. The van der Waals surface area contributed by atoms with Crippen LogP contribution in [0.2, 0.25) is 0 Å². The van der Waals surface area contributed by atoms with Crippen LogP contribution in [0.3, 0.4) is 0 Å². The molecule has 0 spiro atoms. The van der Waals surface area contributed by atoms with Gasteiger partial charge in [-0.3, -0.25) is 0 Å². The van der Waals surface area contributed by atoms with Gasteiger partial charge in [0.2, 0.25) is 0 Å². The van der Waals surface area contributed by atoms with E-state index in [0.717, 1.165) is 22.6 Å². The molecule has 2 saturated carbocycles. The van der Waals surface area contributed by atoms with Gasteiger partial charge in [-0.2, -0.15) is 24.3 Å². The molecular weight excluding hydrogens is 796 g/mol. The summed E-state index contributed by atoms with van der Waals surface area (Å²) in [6.45, 7) is 14.3. The molecule has 4 aromatic rings. The zero-order valence-corrected chi connectivity index (χ0v) is 37.1. The number of rotatable bonds is 9. The minimum absolute atomic E-state index is 0. The summed E-state index contributed by atoms with van der Waals surface area (Å²) < 4.78 is 27.2. The zero-order valence-electron chi connectivity index (χ0n) is 33.9. The van der Waals surface area contributed by atoms with Crippen LogP contribution in [0.1, 0.15) is 140 Å². The van der Waals surface area contributed by atoms with Gasteiger partial charge in [0.1, 0.15) is 0 Å². The summed E-state index contributed by atoms with van der Waals surface area (Å²) in [5, 5.41) is 4.80. The topological polar surface area (TPSA) is 69.2 Å². The summed E-state index contributed by atoms with van der Waals surface area (Å²) in [6.07, 6.45) is 15.1. The molecule has 2 aliphatic carbocycles. The molecular formula is C47H63NO3PPdS-3. The Balaban J connectivity index is 0.000000323. The molecule has 7 heteroatoms. The van der Waals surface area contributed by atoms with Gasteiger partial charge in [-0.15, -0.1) is 46.8 Å². The number of anilines is 1. The Morgan fingerprint density at radius 3 is 1.63 bits per heavy atom. The molecule has 6 rings (SSSR count). The number of benzene rings is 4. The fourth-order valence-electron chi connectivity index (χ4n) is 7.99. The van der Waals surface area contributed by atoms with E-state index in [4.69, 9.17) is 13.0 Å². The second-order valence-corrected chi connectivity index (χ2v) is 19.9. The number of hydrogen-bond acceptors (Lipinski definition) is 4. The first-order valence-electron chi connectivity index (χ1n) is 19.9. The molecule has 1 N–H and O–H groups in total. The summed E-state index contributed by atoms with van der Waals surface area (Å²) in [7, 11) is -2.16. The van der Waals surface area contributed by atoms with Crippen LogP contribution < -0.4 is 10.6 Å². The smallest absolute Gasteiger partial charge is 0.0916 e. The van der Waals surface area contributed by atoms with Crippen LogP contribution in [-0.4, -0.2) is 37.6 Å². The van der Waals surface area contributed by atoms with E-state index in [1.807, 2.05) is 37.4 Å². The van der Waals surface area contributed by atoms with E-state index < -0.39 is 10.1 Å². The van der Waals surface area contributed by atoms with Crippen LogP contribution in [0.4, 0.5) is 5.69 Å². The summed E-state index contributed by atoms with van der Waals surface area (Å²) in [6, 6.07) is 35.4. The molecule has 0 heterocycles. The van der Waals surface area contributed by atoms with Gasteiger partial charge in [0.15, 0.2) is 0 Å². The van der Waals surface area contributed by atoms with Crippen molar-refractivity contribution in [3.05, 3.63) is 108 Å². The van der Waals surface area contributed by atoms with Crippen molar-refractivity contribution in [3.63, 3.8) is 0 Å². The summed E-state index contributed by atoms with van der Waals surface area (Å²) in [4.78, 5) is 0. The third-order valence-corrected chi connectivity index (χ3v) is 14.1. The summed E-state index contributed by atoms with van der Waals surface area (Å²) in [5.41, 5.74) is 13.0. The largest absolute Gasteiger partial charge is 0.748 e. The van der Waals surface area contributed by atoms with Gasteiger partial charge in [0, 0.05) is 33.7 Å². The first kappa shape index (κ1) is 46.1. The molecule has 0 aliphatic heterocycles. The summed E-state index contributed by atoms with van der Waals surface area (Å²) in [5.74, 6) is 1.61. The normalized spacial score (nSPS) is 15.3.